The van der Waals surface area contributed by atoms with Crippen LogP contribution in [0.15, 0.2) is 36.4 Å². The van der Waals surface area contributed by atoms with Gasteiger partial charge < -0.3 is 24.6 Å². The van der Waals surface area contributed by atoms with Crippen molar-refractivity contribution in [1.82, 2.24) is 10.2 Å². The van der Waals surface area contributed by atoms with E-state index in [4.69, 9.17) is 14.2 Å². The van der Waals surface area contributed by atoms with Gasteiger partial charge in [0.2, 0.25) is 0 Å². The lowest BCUT2D eigenvalue weighted by Gasteiger charge is -2.33. The Bertz CT molecular complexity index is 1370. The summed E-state index contributed by atoms with van der Waals surface area (Å²) in [5, 5.41) is 12.6. The molecule has 2 aliphatic rings. The Kier molecular flexibility index (Phi) is 9.34. The van der Waals surface area contributed by atoms with Gasteiger partial charge in [-0.05, 0) is 68.0 Å². The molecule has 2 aromatic rings. The smallest absolute Gasteiger partial charge is 0.430 e. The summed E-state index contributed by atoms with van der Waals surface area (Å²) >= 11 is 0. The average Bonchev–Trinajstić information content (AvgIpc) is 3.23. The molecule has 0 aliphatic carbocycles. The largest absolute Gasteiger partial charge is 0.493 e. The number of rotatable bonds is 11. The van der Waals surface area contributed by atoms with Crippen LogP contribution in [-0.4, -0.2) is 60.2 Å². The maximum absolute atomic E-state index is 13.7. The zero-order valence-electron chi connectivity index (χ0n) is 24.4. The van der Waals surface area contributed by atoms with Crippen LogP contribution in [0.3, 0.4) is 0 Å². The summed E-state index contributed by atoms with van der Waals surface area (Å²) in [6.07, 6.45) is -10.6. The van der Waals surface area contributed by atoms with Crippen LogP contribution in [0, 0.1) is 0 Å². The van der Waals surface area contributed by atoms with E-state index >= 15 is 0 Å². The average molecular weight is 633 g/mol. The molecule has 8 nitrogen and oxygen atoms in total. The summed E-state index contributed by atoms with van der Waals surface area (Å²) in [7, 11) is 0. The number of nitrogens with one attached hydrogen (secondary N) is 1. The van der Waals surface area contributed by atoms with E-state index in [9.17, 15) is 41.0 Å². The van der Waals surface area contributed by atoms with E-state index in [-0.39, 0.29) is 30.8 Å². The minimum absolute atomic E-state index is 0.00788. The molecule has 1 fully saturated rings. The van der Waals surface area contributed by atoms with Crippen LogP contribution in [0.25, 0.3) is 0 Å². The van der Waals surface area contributed by atoms with Crippen molar-refractivity contribution in [3.05, 3.63) is 53.1 Å². The van der Waals surface area contributed by atoms with Crippen molar-refractivity contribution in [2.24, 2.45) is 0 Å². The van der Waals surface area contributed by atoms with Crippen molar-refractivity contribution in [3.8, 4) is 17.2 Å². The second kappa shape index (κ2) is 12.4. The van der Waals surface area contributed by atoms with Crippen LogP contribution in [0.2, 0.25) is 0 Å². The Morgan fingerprint density at radius 1 is 1.00 bits per heavy atom. The number of halogens is 6. The molecule has 2 atom stereocenters. The number of imide groups is 1. The molecule has 0 aromatic heterocycles. The number of alkyl halides is 6. The molecule has 242 valence electrons. The van der Waals surface area contributed by atoms with Gasteiger partial charge >= 0.3 is 18.4 Å². The van der Waals surface area contributed by atoms with E-state index in [0.717, 1.165) is 11.0 Å². The van der Waals surface area contributed by atoms with Crippen molar-refractivity contribution < 1.29 is 55.2 Å². The highest BCUT2D eigenvalue weighted by Gasteiger charge is 2.71. The monoisotopic (exact) mass is 632 g/mol. The first-order valence-electron chi connectivity index (χ1n) is 14.3. The number of hydrogen-bond acceptors (Lipinski definition) is 6. The Hall–Kier alpha value is -3.68. The summed E-state index contributed by atoms with van der Waals surface area (Å²) in [6.45, 7) is 5.93. The number of hydrogen-bond donors (Lipinski definition) is 2. The zero-order valence-corrected chi connectivity index (χ0v) is 24.4. The van der Waals surface area contributed by atoms with E-state index in [1.165, 1.54) is 0 Å². The molecule has 1 saturated heterocycles. The normalized spacial score (nSPS) is 19.6. The Balaban J connectivity index is 1.43. The Morgan fingerprint density at radius 2 is 1.66 bits per heavy atom. The minimum Gasteiger partial charge on any atom is -0.493 e. The highest BCUT2D eigenvalue weighted by atomic mass is 19.4. The van der Waals surface area contributed by atoms with Crippen LogP contribution < -0.4 is 19.5 Å². The van der Waals surface area contributed by atoms with Crippen LogP contribution in [-0.2, 0) is 22.4 Å². The van der Waals surface area contributed by atoms with Crippen molar-refractivity contribution in [1.29, 1.82) is 0 Å². The molecule has 2 heterocycles. The Morgan fingerprint density at radius 3 is 2.27 bits per heavy atom. The van der Waals surface area contributed by atoms with Crippen molar-refractivity contribution in [3.63, 3.8) is 0 Å². The lowest BCUT2D eigenvalue weighted by Crippen LogP contribution is -2.53. The van der Waals surface area contributed by atoms with Crippen LogP contribution in [0.1, 0.15) is 63.1 Å². The molecule has 2 N–H and O–H groups in total. The SMILES string of the molecule is CCCc1cc(C(O)(C(F)(F)F)C(F)(F)F)ccc1OCCCC(C)N1C(=O)NC(CC)(c2ccc3c(c2)OCCO3)C1=O. The quantitative estimate of drug-likeness (QED) is 0.176. The van der Waals surface area contributed by atoms with Gasteiger partial charge in [0, 0.05) is 11.6 Å². The first-order chi connectivity index (χ1) is 20.6. The lowest BCUT2D eigenvalue weighted by atomic mass is 9.86. The van der Waals surface area contributed by atoms with E-state index in [1.807, 2.05) is 0 Å². The fourth-order valence-corrected chi connectivity index (χ4v) is 5.53. The molecular formula is C30H34F6N2O6. The second-order valence-corrected chi connectivity index (χ2v) is 10.8. The number of amides is 3. The van der Waals surface area contributed by atoms with E-state index in [1.54, 1.807) is 39.0 Å². The predicted molar refractivity (Wildman–Crippen MR) is 145 cm³/mol. The van der Waals surface area contributed by atoms with Crippen molar-refractivity contribution in [2.75, 3.05) is 19.8 Å². The number of fused-ring (bicyclic) bond motifs is 1. The van der Waals surface area contributed by atoms with E-state index < -0.39 is 47.0 Å². The van der Waals surface area contributed by atoms with Gasteiger partial charge in [0.25, 0.3) is 11.5 Å². The summed E-state index contributed by atoms with van der Waals surface area (Å²) < 4.78 is 97.2. The predicted octanol–water partition coefficient (Wildman–Crippen LogP) is 6.13. The third-order valence-corrected chi connectivity index (χ3v) is 7.97. The molecule has 0 spiro atoms. The number of ether oxygens (including phenoxy) is 3. The van der Waals surface area contributed by atoms with Crippen LogP contribution >= 0.6 is 0 Å². The minimum atomic E-state index is -6.00. The molecule has 2 aliphatic heterocycles. The lowest BCUT2D eigenvalue weighted by molar-refractivity contribution is -0.376. The number of aryl methyl sites for hydroxylation is 1. The number of carbonyl (C=O) groups is 2. The van der Waals surface area contributed by atoms with Gasteiger partial charge in [-0.25, -0.2) is 4.79 Å². The summed E-state index contributed by atoms with van der Waals surface area (Å²) in [5.41, 5.74) is -7.06. The molecule has 0 bridgehead atoms. The van der Waals surface area contributed by atoms with E-state index in [2.05, 4.69) is 5.32 Å². The topological polar surface area (TPSA) is 97.3 Å². The van der Waals surface area contributed by atoms with Gasteiger partial charge in [0.05, 0.1) is 6.61 Å². The highest BCUT2D eigenvalue weighted by Crippen LogP contribution is 2.50. The third kappa shape index (κ3) is 5.87. The molecule has 44 heavy (non-hydrogen) atoms. The van der Waals surface area contributed by atoms with Crippen molar-refractivity contribution in [2.45, 2.75) is 82.4 Å². The molecule has 0 radical (unpaired) electrons. The highest BCUT2D eigenvalue weighted by molar-refractivity contribution is 6.07. The van der Waals surface area contributed by atoms with Gasteiger partial charge in [0.15, 0.2) is 11.5 Å². The molecule has 2 unspecified atom stereocenters. The van der Waals surface area contributed by atoms with Crippen LogP contribution in [0.5, 0.6) is 17.2 Å². The fourth-order valence-electron chi connectivity index (χ4n) is 5.53. The van der Waals surface area contributed by atoms with Gasteiger partial charge in [-0.3, -0.25) is 9.69 Å². The van der Waals surface area contributed by atoms with Gasteiger partial charge in [-0.15, -0.1) is 0 Å². The zero-order chi connectivity index (χ0) is 32.5. The van der Waals surface area contributed by atoms with E-state index in [0.29, 0.717) is 61.7 Å². The molecule has 2 aromatic carbocycles. The van der Waals surface area contributed by atoms with Gasteiger partial charge in [-0.1, -0.05) is 32.4 Å². The number of nitrogens with zero attached hydrogens (tertiary/aromatic N) is 1. The van der Waals surface area contributed by atoms with Gasteiger partial charge in [-0.2, -0.15) is 26.3 Å². The third-order valence-electron chi connectivity index (χ3n) is 7.97. The molecular weight excluding hydrogens is 598 g/mol. The standard InChI is InChI=1S/C30H34F6N2O6/c1-4-7-19-16-21(28(41,29(31,32)33)30(34,35)36)10-11-22(19)42-13-6-8-18(3)38-25(39)27(5-2,37-26(38)40)20-9-12-23-24(17-20)44-15-14-43-23/h9-12,16-18,41H,4-8,13-15H2,1-3H3,(H,37,40). The molecule has 14 heteroatoms. The fraction of sp³-hybridized carbons (Fsp3) is 0.533. The summed E-state index contributed by atoms with van der Waals surface area (Å²) in [5.74, 6) is 0.664. The number of benzene rings is 2. The van der Waals surface area contributed by atoms with Crippen LogP contribution in [0.4, 0.5) is 31.1 Å². The molecule has 3 amide bonds. The molecule has 0 saturated carbocycles. The summed E-state index contributed by atoms with van der Waals surface area (Å²) in [6, 6.07) is 6.15. The van der Waals surface area contributed by atoms with Gasteiger partial charge in [0.1, 0.15) is 24.5 Å². The maximum Gasteiger partial charge on any atom is 0.430 e. The Labute approximate surface area is 250 Å². The second-order valence-electron chi connectivity index (χ2n) is 10.8. The number of aliphatic hydroxyl groups is 1. The number of urea groups is 1. The first kappa shape index (κ1) is 33.2. The number of carbonyl (C=O) groups excluding carboxylic acids is 2. The first-order valence-corrected chi connectivity index (χ1v) is 14.3. The summed E-state index contributed by atoms with van der Waals surface area (Å²) in [4.78, 5) is 27.8. The van der Waals surface area contributed by atoms with Crippen molar-refractivity contribution >= 4 is 11.9 Å². The maximum atomic E-state index is 13.7. The molecule has 4 rings (SSSR count).